The molecule has 1 aromatic carbocycles. The zero-order valence-corrected chi connectivity index (χ0v) is 17.1. The van der Waals surface area contributed by atoms with Crippen molar-refractivity contribution in [3.8, 4) is 0 Å². The van der Waals surface area contributed by atoms with E-state index in [-0.39, 0.29) is 21.9 Å². The molecule has 0 radical (unpaired) electrons. The van der Waals surface area contributed by atoms with E-state index >= 15 is 0 Å². The molecule has 2 N–H and O–H groups in total. The van der Waals surface area contributed by atoms with Gasteiger partial charge >= 0.3 is 0 Å². The van der Waals surface area contributed by atoms with Gasteiger partial charge in [-0.1, -0.05) is 25.7 Å². The quantitative estimate of drug-likeness (QED) is 0.751. The van der Waals surface area contributed by atoms with Gasteiger partial charge in [-0.2, -0.15) is 0 Å². The Morgan fingerprint density at radius 2 is 1.30 bits per heavy atom. The third-order valence-electron chi connectivity index (χ3n) is 6.42. The van der Waals surface area contributed by atoms with Gasteiger partial charge in [-0.25, -0.2) is 26.3 Å². The molecule has 0 aromatic heterocycles. The van der Waals surface area contributed by atoms with Gasteiger partial charge in [-0.3, -0.25) is 0 Å². The Morgan fingerprint density at radius 1 is 0.704 bits per heavy atom. The van der Waals surface area contributed by atoms with Crippen LogP contribution in [0, 0.1) is 11.8 Å². The van der Waals surface area contributed by atoms with Gasteiger partial charge in [0.05, 0.1) is 9.79 Å². The van der Waals surface area contributed by atoms with Crippen molar-refractivity contribution in [1.29, 1.82) is 0 Å². The first-order valence-electron chi connectivity index (χ1n) is 9.98. The van der Waals surface area contributed by atoms with E-state index in [9.17, 15) is 16.8 Å². The van der Waals surface area contributed by atoms with Gasteiger partial charge in [0.15, 0.2) is 0 Å². The van der Waals surface area contributed by atoms with E-state index in [4.69, 9.17) is 0 Å². The van der Waals surface area contributed by atoms with Crippen molar-refractivity contribution in [3.63, 3.8) is 0 Å². The highest BCUT2D eigenvalue weighted by Crippen LogP contribution is 2.44. The van der Waals surface area contributed by atoms with Gasteiger partial charge in [-0.05, 0) is 68.2 Å². The minimum absolute atomic E-state index is 0.0186. The van der Waals surface area contributed by atoms with Crippen molar-refractivity contribution in [2.24, 2.45) is 11.8 Å². The predicted octanol–water partition coefficient (Wildman–Crippen LogP) is 2.76. The van der Waals surface area contributed by atoms with Crippen molar-refractivity contribution in [1.82, 2.24) is 9.44 Å². The molecule has 0 spiro atoms. The SMILES string of the molecule is O=S(=O)(NC1CCCCC1)c1ccc(S(=O)(=O)N[C@@H]2C[C@H]3CC[C@@H]2C3)cc1. The van der Waals surface area contributed by atoms with Crippen LogP contribution in [0.1, 0.15) is 57.8 Å². The van der Waals surface area contributed by atoms with Crippen LogP contribution in [0.2, 0.25) is 0 Å². The van der Waals surface area contributed by atoms with Crippen molar-refractivity contribution < 1.29 is 16.8 Å². The van der Waals surface area contributed by atoms with E-state index in [2.05, 4.69) is 9.44 Å². The van der Waals surface area contributed by atoms with Gasteiger partial charge in [-0.15, -0.1) is 0 Å². The summed E-state index contributed by atoms with van der Waals surface area (Å²) in [5.41, 5.74) is 0. The summed E-state index contributed by atoms with van der Waals surface area (Å²) >= 11 is 0. The lowest BCUT2D eigenvalue weighted by molar-refractivity contribution is 0.390. The molecule has 0 heterocycles. The molecule has 0 amide bonds. The van der Waals surface area contributed by atoms with Gasteiger partial charge in [0.25, 0.3) is 0 Å². The lowest BCUT2D eigenvalue weighted by Crippen LogP contribution is -2.38. The van der Waals surface area contributed by atoms with Gasteiger partial charge in [0.2, 0.25) is 20.0 Å². The molecule has 2 bridgehead atoms. The molecule has 27 heavy (non-hydrogen) atoms. The molecule has 150 valence electrons. The number of rotatable bonds is 6. The molecule has 1 aromatic rings. The summed E-state index contributed by atoms with van der Waals surface area (Å²) in [5, 5.41) is 0. The molecule has 0 aliphatic heterocycles. The zero-order valence-electron chi connectivity index (χ0n) is 15.4. The normalized spacial score (nSPS) is 29.3. The molecule has 3 atom stereocenters. The number of nitrogens with one attached hydrogen (secondary N) is 2. The highest BCUT2D eigenvalue weighted by Gasteiger charge is 2.41. The summed E-state index contributed by atoms with van der Waals surface area (Å²) in [6, 6.07) is 5.56. The van der Waals surface area contributed by atoms with Crippen LogP contribution < -0.4 is 9.44 Å². The van der Waals surface area contributed by atoms with Crippen molar-refractivity contribution >= 4 is 20.0 Å². The van der Waals surface area contributed by atoms with Crippen LogP contribution in [0.25, 0.3) is 0 Å². The van der Waals surface area contributed by atoms with Crippen molar-refractivity contribution in [2.75, 3.05) is 0 Å². The van der Waals surface area contributed by atoms with Crippen molar-refractivity contribution in [2.45, 2.75) is 79.7 Å². The minimum Gasteiger partial charge on any atom is -0.208 e. The minimum atomic E-state index is -3.62. The summed E-state index contributed by atoms with van der Waals surface area (Å²) < 4.78 is 56.0. The average Bonchev–Trinajstić information content (AvgIpc) is 3.25. The molecule has 0 saturated heterocycles. The lowest BCUT2D eigenvalue weighted by atomic mass is 9.96. The van der Waals surface area contributed by atoms with Gasteiger partial charge in [0, 0.05) is 12.1 Å². The molecule has 8 heteroatoms. The van der Waals surface area contributed by atoms with Crippen LogP contribution in [-0.2, 0) is 20.0 Å². The zero-order chi connectivity index (χ0) is 19.1. The Balaban J connectivity index is 1.44. The van der Waals surface area contributed by atoms with Crippen LogP contribution in [0.15, 0.2) is 34.1 Å². The first-order valence-corrected chi connectivity index (χ1v) is 12.9. The topological polar surface area (TPSA) is 92.3 Å². The number of hydrogen-bond acceptors (Lipinski definition) is 4. The maximum absolute atomic E-state index is 12.7. The van der Waals surface area contributed by atoms with Crippen molar-refractivity contribution in [3.05, 3.63) is 24.3 Å². The predicted molar refractivity (Wildman–Crippen MR) is 103 cm³/mol. The molecular formula is C19H28N2O4S2. The Bertz CT molecular complexity index is 875. The average molecular weight is 413 g/mol. The fourth-order valence-electron chi connectivity index (χ4n) is 4.96. The highest BCUT2D eigenvalue weighted by molar-refractivity contribution is 7.90. The van der Waals surface area contributed by atoms with Gasteiger partial charge in [0.1, 0.15) is 0 Å². The number of sulfonamides is 2. The maximum atomic E-state index is 12.7. The smallest absolute Gasteiger partial charge is 0.208 e. The third-order valence-corrected chi connectivity index (χ3v) is 9.46. The highest BCUT2D eigenvalue weighted by atomic mass is 32.2. The van der Waals surface area contributed by atoms with Crippen LogP contribution in [0.4, 0.5) is 0 Å². The maximum Gasteiger partial charge on any atom is 0.240 e. The van der Waals surface area contributed by atoms with Crippen LogP contribution in [0.3, 0.4) is 0 Å². The largest absolute Gasteiger partial charge is 0.240 e. The third kappa shape index (κ3) is 4.23. The van der Waals surface area contributed by atoms with E-state index < -0.39 is 20.0 Å². The fraction of sp³-hybridized carbons (Fsp3) is 0.684. The first-order chi connectivity index (χ1) is 12.8. The van der Waals surface area contributed by atoms with Crippen LogP contribution in [0.5, 0.6) is 0 Å². The summed E-state index contributed by atoms with van der Waals surface area (Å²) in [6.07, 6.45) is 9.31. The Kier molecular flexibility index (Phi) is 5.35. The molecule has 3 fully saturated rings. The second-order valence-corrected chi connectivity index (χ2v) is 11.8. The number of hydrogen-bond donors (Lipinski definition) is 2. The standard InChI is InChI=1S/C19H28N2O4S2/c22-26(23,20-16-4-2-1-3-5-16)17-8-10-18(11-9-17)27(24,25)21-19-13-14-6-7-15(19)12-14/h8-11,14-16,19-21H,1-7,12-13H2/t14-,15+,19+/m0/s1. The molecule has 4 rings (SSSR count). The first kappa shape index (κ1) is 19.4. The molecule has 3 aliphatic carbocycles. The molecule has 0 unspecified atom stereocenters. The van der Waals surface area contributed by atoms with E-state index in [0.29, 0.717) is 11.8 Å². The number of benzene rings is 1. The summed E-state index contributed by atoms with van der Waals surface area (Å²) in [7, 11) is -7.24. The Morgan fingerprint density at radius 3 is 1.81 bits per heavy atom. The van der Waals surface area contributed by atoms with E-state index in [1.54, 1.807) is 0 Å². The molecular weight excluding hydrogens is 384 g/mol. The Labute approximate surface area is 162 Å². The Hall–Kier alpha value is -0.960. The molecule has 6 nitrogen and oxygen atoms in total. The lowest BCUT2D eigenvalue weighted by Gasteiger charge is -2.23. The van der Waals surface area contributed by atoms with E-state index in [1.165, 1.54) is 30.7 Å². The van der Waals surface area contributed by atoms with Gasteiger partial charge < -0.3 is 0 Å². The monoisotopic (exact) mass is 412 g/mol. The van der Waals surface area contributed by atoms with E-state index in [0.717, 1.165) is 51.4 Å². The van der Waals surface area contributed by atoms with E-state index in [1.807, 2.05) is 0 Å². The summed E-state index contributed by atoms with van der Waals surface area (Å²) in [6.45, 7) is 0. The van der Waals surface area contributed by atoms with Crippen LogP contribution >= 0.6 is 0 Å². The number of fused-ring (bicyclic) bond motifs is 2. The molecule has 3 aliphatic rings. The second-order valence-electron chi connectivity index (χ2n) is 8.33. The second kappa shape index (κ2) is 7.46. The van der Waals surface area contributed by atoms with Crippen LogP contribution in [-0.4, -0.2) is 28.9 Å². The fourth-order valence-corrected chi connectivity index (χ4v) is 7.58. The molecule has 3 saturated carbocycles. The summed E-state index contributed by atoms with van der Waals surface area (Å²) in [4.78, 5) is 0.244. The summed E-state index contributed by atoms with van der Waals surface area (Å²) in [5.74, 6) is 1.10.